The maximum Gasteiger partial charge on any atom is 0.244 e. The van der Waals surface area contributed by atoms with Crippen LogP contribution in [0.15, 0.2) is 24.5 Å². The van der Waals surface area contributed by atoms with E-state index in [1.807, 2.05) is 6.07 Å². The molecule has 1 heterocycles. The molecule has 0 saturated carbocycles. The van der Waals surface area contributed by atoms with Gasteiger partial charge in [0.25, 0.3) is 0 Å². The van der Waals surface area contributed by atoms with Crippen LogP contribution >= 0.6 is 0 Å². The summed E-state index contributed by atoms with van der Waals surface area (Å²) in [5.74, 6) is -0.129. The fourth-order valence-electron chi connectivity index (χ4n) is 1.37. The molecule has 0 saturated heterocycles. The van der Waals surface area contributed by atoms with Crippen LogP contribution < -0.4 is 5.32 Å². The first-order valence-electron chi connectivity index (χ1n) is 4.95. The quantitative estimate of drug-likeness (QED) is 0.702. The summed E-state index contributed by atoms with van der Waals surface area (Å²) >= 11 is 0. The van der Waals surface area contributed by atoms with Crippen LogP contribution in [0.25, 0.3) is 0 Å². The summed E-state index contributed by atoms with van der Waals surface area (Å²) in [5.41, 5.74) is 0.914. The van der Waals surface area contributed by atoms with Crippen LogP contribution in [0.1, 0.15) is 5.56 Å². The molecule has 0 aliphatic carbocycles. The standard InChI is InChI=1S/C11H15N3O2/c1-14(2)11(16)10(13-8-15)6-9-4-3-5-12-7-9/h3-5,7-8,10H,6H2,1-2H3,(H,13,15)/t10-/m0/s1. The lowest BCUT2D eigenvalue weighted by Crippen LogP contribution is -2.44. The third-order valence-electron chi connectivity index (χ3n) is 2.17. The van der Waals surface area contributed by atoms with E-state index in [9.17, 15) is 9.59 Å². The van der Waals surface area contributed by atoms with E-state index < -0.39 is 6.04 Å². The number of likely N-dealkylation sites (N-methyl/N-ethyl adjacent to an activating group) is 1. The lowest BCUT2D eigenvalue weighted by molar-refractivity contribution is -0.132. The van der Waals surface area contributed by atoms with Gasteiger partial charge in [0.05, 0.1) is 0 Å². The van der Waals surface area contributed by atoms with Crippen LogP contribution in [0, 0.1) is 0 Å². The highest BCUT2D eigenvalue weighted by molar-refractivity contribution is 5.83. The van der Waals surface area contributed by atoms with Crippen molar-refractivity contribution in [3.8, 4) is 0 Å². The number of hydrogen-bond donors (Lipinski definition) is 1. The predicted molar refractivity (Wildman–Crippen MR) is 59.6 cm³/mol. The second-order valence-electron chi connectivity index (χ2n) is 3.64. The third kappa shape index (κ3) is 3.34. The van der Waals surface area contributed by atoms with Crippen molar-refractivity contribution in [1.82, 2.24) is 15.2 Å². The Labute approximate surface area is 94.5 Å². The van der Waals surface area contributed by atoms with E-state index in [2.05, 4.69) is 10.3 Å². The molecule has 2 amide bonds. The van der Waals surface area contributed by atoms with Crippen molar-refractivity contribution in [2.75, 3.05) is 14.1 Å². The monoisotopic (exact) mass is 221 g/mol. The van der Waals surface area contributed by atoms with Gasteiger partial charge in [-0.25, -0.2) is 0 Å². The normalized spacial score (nSPS) is 11.6. The van der Waals surface area contributed by atoms with E-state index in [1.54, 1.807) is 32.6 Å². The second-order valence-corrected chi connectivity index (χ2v) is 3.64. The zero-order chi connectivity index (χ0) is 12.0. The summed E-state index contributed by atoms with van der Waals surface area (Å²) in [6.07, 6.45) is 4.34. The summed E-state index contributed by atoms with van der Waals surface area (Å²) in [4.78, 5) is 27.6. The molecule has 86 valence electrons. The van der Waals surface area contributed by atoms with Crippen LogP contribution in [0.5, 0.6) is 0 Å². The molecule has 0 bridgehead atoms. The first-order valence-corrected chi connectivity index (χ1v) is 4.95. The van der Waals surface area contributed by atoms with Crippen molar-refractivity contribution >= 4 is 12.3 Å². The number of nitrogens with one attached hydrogen (secondary N) is 1. The number of rotatable bonds is 5. The van der Waals surface area contributed by atoms with E-state index >= 15 is 0 Å². The van der Waals surface area contributed by atoms with E-state index in [0.29, 0.717) is 12.8 Å². The molecule has 1 aromatic heterocycles. The average molecular weight is 221 g/mol. The van der Waals surface area contributed by atoms with Crippen molar-refractivity contribution < 1.29 is 9.59 Å². The lowest BCUT2D eigenvalue weighted by atomic mass is 10.1. The highest BCUT2D eigenvalue weighted by Gasteiger charge is 2.19. The van der Waals surface area contributed by atoms with Gasteiger partial charge in [-0.15, -0.1) is 0 Å². The summed E-state index contributed by atoms with van der Waals surface area (Å²) in [6.45, 7) is 0. The minimum absolute atomic E-state index is 0.129. The summed E-state index contributed by atoms with van der Waals surface area (Å²) in [5, 5.41) is 2.51. The van der Waals surface area contributed by atoms with Gasteiger partial charge in [0, 0.05) is 32.9 Å². The summed E-state index contributed by atoms with van der Waals surface area (Å²) in [7, 11) is 3.32. The fraction of sp³-hybridized carbons (Fsp3) is 0.364. The Hall–Kier alpha value is -1.91. The number of nitrogens with zero attached hydrogens (tertiary/aromatic N) is 2. The Bertz CT molecular complexity index is 352. The van der Waals surface area contributed by atoms with Crippen molar-refractivity contribution in [1.29, 1.82) is 0 Å². The van der Waals surface area contributed by atoms with Crippen LogP contribution in [-0.2, 0) is 16.0 Å². The molecular weight excluding hydrogens is 206 g/mol. The van der Waals surface area contributed by atoms with Crippen LogP contribution in [0.3, 0.4) is 0 Å². The maximum absolute atomic E-state index is 11.7. The van der Waals surface area contributed by atoms with Crippen molar-refractivity contribution in [2.24, 2.45) is 0 Å². The van der Waals surface area contributed by atoms with Gasteiger partial charge in [0.1, 0.15) is 6.04 Å². The Morgan fingerprint density at radius 1 is 1.62 bits per heavy atom. The van der Waals surface area contributed by atoms with Crippen molar-refractivity contribution in [3.05, 3.63) is 30.1 Å². The van der Waals surface area contributed by atoms with Gasteiger partial charge in [-0.2, -0.15) is 0 Å². The van der Waals surface area contributed by atoms with Crippen molar-refractivity contribution in [3.63, 3.8) is 0 Å². The molecule has 1 N–H and O–H groups in total. The highest BCUT2D eigenvalue weighted by Crippen LogP contribution is 2.02. The Kier molecular flexibility index (Phi) is 4.44. The van der Waals surface area contributed by atoms with Crippen LogP contribution in [-0.4, -0.2) is 42.3 Å². The Morgan fingerprint density at radius 3 is 2.88 bits per heavy atom. The molecule has 0 radical (unpaired) electrons. The van der Waals surface area contributed by atoms with E-state index in [-0.39, 0.29) is 5.91 Å². The Morgan fingerprint density at radius 2 is 2.38 bits per heavy atom. The zero-order valence-corrected chi connectivity index (χ0v) is 9.38. The van der Waals surface area contributed by atoms with Gasteiger partial charge in [0.2, 0.25) is 12.3 Å². The van der Waals surface area contributed by atoms with E-state index in [4.69, 9.17) is 0 Å². The molecular formula is C11H15N3O2. The number of carbonyl (C=O) groups is 2. The van der Waals surface area contributed by atoms with Gasteiger partial charge < -0.3 is 10.2 Å². The molecule has 0 aliphatic rings. The highest BCUT2D eigenvalue weighted by atomic mass is 16.2. The molecule has 5 nitrogen and oxygen atoms in total. The van der Waals surface area contributed by atoms with Gasteiger partial charge in [-0.1, -0.05) is 6.07 Å². The molecule has 1 atom stereocenters. The number of aromatic nitrogens is 1. The van der Waals surface area contributed by atoms with Crippen LogP contribution in [0.4, 0.5) is 0 Å². The minimum atomic E-state index is -0.531. The number of carbonyl (C=O) groups excluding carboxylic acids is 2. The molecule has 0 aromatic carbocycles. The molecule has 5 heteroatoms. The van der Waals surface area contributed by atoms with Gasteiger partial charge in [-0.3, -0.25) is 14.6 Å². The zero-order valence-electron chi connectivity index (χ0n) is 9.38. The van der Waals surface area contributed by atoms with Gasteiger partial charge in [-0.05, 0) is 11.6 Å². The molecule has 16 heavy (non-hydrogen) atoms. The molecule has 1 rings (SSSR count). The fourth-order valence-corrected chi connectivity index (χ4v) is 1.37. The molecule has 1 aromatic rings. The largest absolute Gasteiger partial charge is 0.347 e. The molecule has 0 aliphatic heterocycles. The second kappa shape index (κ2) is 5.85. The third-order valence-corrected chi connectivity index (χ3v) is 2.17. The van der Waals surface area contributed by atoms with Crippen molar-refractivity contribution in [2.45, 2.75) is 12.5 Å². The van der Waals surface area contributed by atoms with Crippen LogP contribution in [0.2, 0.25) is 0 Å². The molecule has 0 spiro atoms. The Balaban J connectivity index is 2.72. The average Bonchev–Trinajstić information content (AvgIpc) is 2.29. The first kappa shape index (κ1) is 12.2. The number of pyridine rings is 1. The summed E-state index contributed by atoms with van der Waals surface area (Å²) < 4.78 is 0. The molecule has 0 unspecified atom stereocenters. The summed E-state index contributed by atoms with van der Waals surface area (Å²) in [6, 6.07) is 3.14. The minimum Gasteiger partial charge on any atom is -0.347 e. The lowest BCUT2D eigenvalue weighted by Gasteiger charge is -2.19. The van der Waals surface area contributed by atoms with Gasteiger partial charge in [0.15, 0.2) is 0 Å². The van der Waals surface area contributed by atoms with Gasteiger partial charge >= 0.3 is 0 Å². The van der Waals surface area contributed by atoms with E-state index in [1.165, 1.54) is 4.90 Å². The topological polar surface area (TPSA) is 62.3 Å². The molecule has 0 fully saturated rings. The predicted octanol–water partition coefficient (Wildman–Crippen LogP) is -0.173. The number of amides is 2. The maximum atomic E-state index is 11.7. The smallest absolute Gasteiger partial charge is 0.244 e. The number of hydrogen-bond acceptors (Lipinski definition) is 3. The van der Waals surface area contributed by atoms with E-state index in [0.717, 1.165) is 5.56 Å². The first-order chi connectivity index (χ1) is 7.65. The SMILES string of the molecule is CN(C)C(=O)[C@H](Cc1cccnc1)NC=O.